The summed E-state index contributed by atoms with van der Waals surface area (Å²) in [4.78, 5) is 0. The van der Waals surface area contributed by atoms with E-state index in [9.17, 15) is 0 Å². The summed E-state index contributed by atoms with van der Waals surface area (Å²) in [7, 11) is 0. The highest BCUT2D eigenvalue weighted by atomic mass is 79.9. The molecule has 1 nitrogen and oxygen atoms in total. The van der Waals surface area contributed by atoms with E-state index in [1.807, 2.05) is 0 Å². The van der Waals surface area contributed by atoms with Gasteiger partial charge in [-0.3, -0.25) is 0 Å². The van der Waals surface area contributed by atoms with Gasteiger partial charge >= 0.3 is 0 Å². The van der Waals surface area contributed by atoms with Crippen molar-refractivity contribution in [1.29, 1.82) is 0 Å². The van der Waals surface area contributed by atoms with Crippen molar-refractivity contribution in [2.75, 3.05) is 6.54 Å². The summed E-state index contributed by atoms with van der Waals surface area (Å²) in [5, 5.41) is 3.59. The third-order valence-corrected chi connectivity index (χ3v) is 4.30. The summed E-state index contributed by atoms with van der Waals surface area (Å²) in [6, 6.07) is 9.21. The van der Waals surface area contributed by atoms with E-state index < -0.39 is 0 Å². The van der Waals surface area contributed by atoms with Crippen molar-refractivity contribution in [1.82, 2.24) is 5.32 Å². The van der Waals surface area contributed by atoms with E-state index in [2.05, 4.69) is 80.1 Å². The number of hydrogen-bond acceptors (Lipinski definition) is 1. The van der Waals surface area contributed by atoms with Gasteiger partial charge in [0.15, 0.2) is 0 Å². The minimum Gasteiger partial charge on any atom is -0.314 e. The molecule has 0 aliphatic rings. The molecule has 0 fully saturated rings. The topological polar surface area (TPSA) is 12.0 Å². The Bertz CT molecular complexity index is 373. The van der Waals surface area contributed by atoms with Gasteiger partial charge in [-0.1, -0.05) is 62.7 Å². The zero-order chi connectivity index (χ0) is 13.8. The summed E-state index contributed by atoms with van der Waals surface area (Å²) >= 11 is 3.55. The van der Waals surface area contributed by atoms with Crippen LogP contribution in [-0.2, 0) is 6.42 Å². The van der Waals surface area contributed by atoms with Crippen molar-refractivity contribution in [3.05, 3.63) is 34.3 Å². The maximum Gasteiger partial charge on any atom is 0.0177 e. The molecule has 1 aromatic rings. The van der Waals surface area contributed by atoms with Gasteiger partial charge in [-0.2, -0.15) is 0 Å². The molecule has 1 N–H and O–H groups in total. The lowest BCUT2D eigenvalue weighted by Crippen LogP contribution is -2.40. The Morgan fingerprint density at radius 3 is 2.39 bits per heavy atom. The number of nitrogens with one attached hydrogen (secondary N) is 1. The predicted octanol–water partition coefficient (Wildman–Crippen LogP) is 4.65. The van der Waals surface area contributed by atoms with Gasteiger partial charge in [0, 0.05) is 17.1 Å². The van der Waals surface area contributed by atoms with Crippen molar-refractivity contribution in [3.63, 3.8) is 0 Å². The van der Waals surface area contributed by atoms with Gasteiger partial charge in [-0.15, -0.1) is 0 Å². The van der Waals surface area contributed by atoms with E-state index in [0.29, 0.717) is 17.4 Å². The highest BCUT2D eigenvalue weighted by molar-refractivity contribution is 9.10. The minimum atomic E-state index is 0.297. The average Bonchev–Trinajstić information content (AvgIpc) is 2.26. The van der Waals surface area contributed by atoms with E-state index >= 15 is 0 Å². The van der Waals surface area contributed by atoms with Crippen molar-refractivity contribution < 1.29 is 0 Å². The van der Waals surface area contributed by atoms with Crippen molar-refractivity contribution in [2.24, 2.45) is 11.3 Å². The minimum absolute atomic E-state index is 0.297. The van der Waals surface area contributed by atoms with Crippen LogP contribution in [0.4, 0.5) is 0 Å². The molecule has 102 valence electrons. The molecular formula is C16H26BrN. The first-order chi connectivity index (χ1) is 8.33. The second kappa shape index (κ2) is 6.72. The first kappa shape index (κ1) is 15.7. The molecular weight excluding hydrogens is 286 g/mol. The van der Waals surface area contributed by atoms with Crippen LogP contribution in [0.3, 0.4) is 0 Å². The fourth-order valence-corrected chi connectivity index (χ4v) is 2.47. The quantitative estimate of drug-likeness (QED) is 0.806. The fraction of sp³-hybridized carbons (Fsp3) is 0.625. The molecule has 1 atom stereocenters. The third kappa shape index (κ3) is 4.74. The molecule has 2 heteroatoms. The lowest BCUT2D eigenvalue weighted by molar-refractivity contribution is 0.202. The predicted molar refractivity (Wildman–Crippen MR) is 83.9 cm³/mol. The van der Waals surface area contributed by atoms with Gasteiger partial charge in [-0.25, -0.2) is 0 Å². The second-order valence-electron chi connectivity index (χ2n) is 6.15. The second-order valence-corrected chi connectivity index (χ2v) is 7.07. The zero-order valence-electron chi connectivity index (χ0n) is 12.3. The molecule has 0 heterocycles. The number of rotatable bonds is 6. The molecule has 0 aromatic heterocycles. The normalized spacial score (nSPS) is 15.1. The first-order valence-corrected chi connectivity index (χ1v) is 7.60. The lowest BCUT2D eigenvalue weighted by atomic mass is 9.74. The number of hydrogen-bond donors (Lipinski definition) is 1. The number of halogens is 1. The molecule has 1 unspecified atom stereocenters. The van der Waals surface area contributed by atoms with E-state index in [0.717, 1.165) is 13.0 Å². The maximum atomic E-state index is 3.59. The van der Waals surface area contributed by atoms with E-state index in [1.165, 1.54) is 10.0 Å². The van der Waals surface area contributed by atoms with Crippen molar-refractivity contribution in [3.8, 4) is 0 Å². The summed E-state index contributed by atoms with van der Waals surface area (Å²) in [5.41, 5.74) is 1.71. The molecule has 0 aliphatic carbocycles. The Hall–Kier alpha value is -0.340. The molecule has 0 spiro atoms. The zero-order valence-corrected chi connectivity index (χ0v) is 13.8. The highest BCUT2D eigenvalue weighted by Crippen LogP contribution is 2.31. The van der Waals surface area contributed by atoms with Crippen molar-refractivity contribution >= 4 is 15.9 Å². The van der Waals surface area contributed by atoms with Crippen LogP contribution in [0.5, 0.6) is 0 Å². The summed E-state index contributed by atoms with van der Waals surface area (Å²) in [5.74, 6) is 0.655. The van der Waals surface area contributed by atoms with Crippen LogP contribution in [0, 0.1) is 11.3 Å². The van der Waals surface area contributed by atoms with Crippen LogP contribution in [0.15, 0.2) is 28.7 Å². The summed E-state index contributed by atoms with van der Waals surface area (Å²) < 4.78 is 1.17. The van der Waals surface area contributed by atoms with Crippen LogP contribution >= 0.6 is 15.9 Å². The molecule has 0 saturated carbocycles. The molecule has 1 rings (SSSR count). The van der Waals surface area contributed by atoms with Gasteiger partial charge in [0.25, 0.3) is 0 Å². The smallest absolute Gasteiger partial charge is 0.0177 e. The van der Waals surface area contributed by atoms with Gasteiger partial charge in [-0.05, 0) is 35.4 Å². The largest absolute Gasteiger partial charge is 0.314 e. The van der Waals surface area contributed by atoms with Gasteiger partial charge in [0.1, 0.15) is 0 Å². The SMILES string of the molecule is CC(C)NCC(C)(Cc1cccc(Br)c1)C(C)C. The molecule has 0 saturated heterocycles. The Morgan fingerprint density at radius 1 is 1.22 bits per heavy atom. The maximum absolute atomic E-state index is 3.59. The standard InChI is InChI=1S/C16H26BrN/c1-12(2)16(5,11-18-13(3)4)10-14-7-6-8-15(17)9-14/h6-9,12-13,18H,10-11H2,1-5H3. The molecule has 0 radical (unpaired) electrons. The van der Waals surface area contributed by atoms with Crippen LogP contribution in [0.25, 0.3) is 0 Å². The molecule has 0 aliphatic heterocycles. The van der Waals surface area contributed by atoms with Crippen LogP contribution in [0.1, 0.15) is 40.2 Å². The van der Waals surface area contributed by atoms with Crippen LogP contribution in [-0.4, -0.2) is 12.6 Å². The number of benzene rings is 1. The Balaban J connectivity index is 2.79. The Labute approximate surface area is 120 Å². The van der Waals surface area contributed by atoms with Gasteiger partial charge in [0.05, 0.1) is 0 Å². The van der Waals surface area contributed by atoms with Gasteiger partial charge in [0.2, 0.25) is 0 Å². The van der Waals surface area contributed by atoms with Gasteiger partial charge < -0.3 is 5.32 Å². The first-order valence-electron chi connectivity index (χ1n) is 6.81. The monoisotopic (exact) mass is 311 g/mol. The highest BCUT2D eigenvalue weighted by Gasteiger charge is 2.28. The Morgan fingerprint density at radius 2 is 1.89 bits per heavy atom. The average molecular weight is 312 g/mol. The van der Waals surface area contributed by atoms with Crippen molar-refractivity contribution in [2.45, 2.75) is 47.1 Å². The molecule has 0 amide bonds. The fourth-order valence-electron chi connectivity index (χ4n) is 2.02. The lowest BCUT2D eigenvalue weighted by Gasteiger charge is -2.35. The van der Waals surface area contributed by atoms with Crippen LogP contribution < -0.4 is 5.32 Å². The van der Waals surface area contributed by atoms with E-state index in [1.54, 1.807) is 0 Å². The van der Waals surface area contributed by atoms with E-state index in [-0.39, 0.29) is 0 Å². The molecule has 18 heavy (non-hydrogen) atoms. The molecule has 1 aromatic carbocycles. The Kier molecular flexibility index (Phi) is 5.87. The summed E-state index contributed by atoms with van der Waals surface area (Å²) in [6.07, 6.45) is 1.11. The van der Waals surface area contributed by atoms with Crippen LogP contribution in [0.2, 0.25) is 0 Å². The molecule has 0 bridgehead atoms. The summed E-state index contributed by atoms with van der Waals surface area (Å²) in [6.45, 7) is 12.5. The van der Waals surface area contributed by atoms with E-state index in [4.69, 9.17) is 0 Å². The third-order valence-electron chi connectivity index (χ3n) is 3.80.